The summed E-state index contributed by atoms with van der Waals surface area (Å²) in [5, 5.41) is 9.26. The first-order valence-corrected chi connectivity index (χ1v) is 5.18. The summed E-state index contributed by atoms with van der Waals surface area (Å²) < 4.78 is 0. The Morgan fingerprint density at radius 2 is 2.38 bits per heavy atom. The smallest absolute Gasteiger partial charge is 0.0695 e. The second-order valence-electron chi connectivity index (χ2n) is 4.49. The molecule has 3 unspecified atom stereocenters. The molecule has 0 aromatic rings. The Hall–Kier alpha value is -0.770. The van der Waals surface area contributed by atoms with Gasteiger partial charge in [0.15, 0.2) is 0 Å². The lowest BCUT2D eigenvalue weighted by molar-refractivity contribution is 0.166. The first kappa shape index (κ1) is 10.3. The van der Waals surface area contributed by atoms with E-state index >= 15 is 0 Å². The van der Waals surface area contributed by atoms with E-state index in [0.29, 0.717) is 11.8 Å². The fraction of sp³-hybridized carbons (Fsp3) is 0.750. The number of allylic oxidation sites excluding steroid dienone is 1. The second-order valence-corrected chi connectivity index (χ2v) is 4.49. The first-order valence-electron chi connectivity index (χ1n) is 5.18. The van der Waals surface area contributed by atoms with E-state index in [1.165, 1.54) is 12.8 Å². The molecule has 1 aliphatic carbocycles. The largest absolute Gasteiger partial charge is 0.198 e. The highest BCUT2D eigenvalue weighted by atomic mass is 14.4. The maximum Gasteiger partial charge on any atom is 0.0695 e. The van der Waals surface area contributed by atoms with Gasteiger partial charge in [-0.05, 0) is 24.7 Å². The van der Waals surface area contributed by atoms with Gasteiger partial charge in [-0.3, -0.25) is 0 Å². The maximum atomic E-state index is 9.26. The molecule has 0 aromatic heterocycles. The molecule has 1 nitrogen and oxygen atoms in total. The van der Waals surface area contributed by atoms with Gasteiger partial charge >= 0.3 is 0 Å². The van der Waals surface area contributed by atoms with Crippen LogP contribution in [0.4, 0.5) is 0 Å². The number of nitrogens with zero attached hydrogens (tertiary/aromatic N) is 1. The summed E-state index contributed by atoms with van der Waals surface area (Å²) in [5.41, 5.74) is -0.112. The summed E-state index contributed by atoms with van der Waals surface area (Å²) in [7, 11) is 0. The van der Waals surface area contributed by atoms with Gasteiger partial charge in [-0.25, -0.2) is 0 Å². The molecule has 3 atom stereocenters. The molecular formula is C12H19N. The van der Waals surface area contributed by atoms with Crippen molar-refractivity contribution >= 4 is 0 Å². The Balaban J connectivity index is 2.80. The molecule has 0 N–H and O–H groups in total. The standard InChI is InChI=1S/C12H19N/c1-4-11(3)12(9-13)7-5-6-10(2)8-12/h4,10-11H,1,5-8H2,2-3H3. The van der Waals surface area contributed by atoms with Crippen molar-refractivity contribution in [3.63, 3.8) is 0 Å². The van der Waals surface area contributed by atoms with Gasteiger partial charge < -0.3 is 0 Å². The van der Waals surface area contributed by atoms with Crippen LogP contribution in [0.1, 0.15) is 39.5 Å². The van der Waals surface area contributed by atoms with Gasteiger partial charge in [0, 0.05) is 0 Å². The van der Waals surface area contributed by atoms with E-state index in [1.807, 2.05) is 6.08 Å². The fourth-order valence-corrected chi connectivity index (χ4v) is 2.43. The van der Waals surface area contributed by atoms with Gasteiger partial charge in [0.1, 0.15) is 0 Å². The van der Waals surface area contributed by atoms with Crippen molar-refractivity contribution < 1.29 is 0 Å². The summed E-state index contributed by atoms with van der Waals surface area (Å²) in [6.45, 7) is 8.17. The van der Waals surface area contributed by atoms with Gasteiger partial charge in [-0.2, -0.15) is 5.26 Å². The minimum absolute atomic E-state index is 0.112. The lowest BCUT2D eigenvalue weighted by atomic mass is 9.64. The van der Waals surface area contributed by atoms with Crippen molar-refractivity contribution in [3.8, 4) is 6.07 Å². The molecule has 13 heavy (non-hydrogen) atoms. The maximum absolute atomic E-state index is 9.26. The lowest BCUT2D eigenvalue weighted by Crippen LogP contribution is -2.31. The lowest BCUT2D eigenvalue weighted by Gasteiger charge is -2.37. The van der Waals surface area contributed by atoms with Crippen molar-refractivity contribution in [2.75, 3.05) is 0 Å². The van der Waals surface area contributed by atoms with Crippen molar-refractivity contribution in [3.05, 3.63) is 12.7 Å². The Morgan fingerprint density at radius 1 is 1.69 bits per heavy atom. The van der Waals surface area contributed by atoms with Crippen molar-refractivity contribution in [2.24, 2.45) is 17.3 Å². The zero-order valence-corrected chi connectivity index (χ0v) is 8.71. The van der Waals surface area contributed by atoms with Crippen LogP contribution in [0.5, 0.6) is 0 Å². The molecule has 0 saturated heterocycles. The van der Waals surface area contributed by atoms with Crippen molar-refractivity contribution in [1.82, 2.24) is 0 Å². The van der Waals surface area contributed by atoms with E-state index in [4.69, 9.17) is 0 Å². The van der Waals surface area contributed by atoms with Crippen LogP contribution in [0, 0.1) is 28.6 Å². The molecule has 0 aromatic carbocycles. The molecule has 0 bridgehead atoms. The quantitative estimate of drug-likeness (QED) is 0.592. The van der Waals surface area contributed by atoms with Gasteiger partial charge in [-0.1, -0.05) is 32.8 Å². The molecule has 72 valence electrons. The summed E-state index contributed by atoms with van der Waals surface area (Å²) in [4.78, 5) is 0. The van der Waals surface area contributed by atoms with E-state index in [-0.39, 0.29) is 5.41 Å². The predicted octanol–water partition coefficient (Wildman–Crippen LogP) is 3.53. The summed E-state index contributed by atoms with van der Waals surface area (Å²) in [6, 6.07) is 2.53. The molecule has 1 heteroatoms. The van der Waals surface area contributed by atoms with Crippen LogP contribution in [0.3, 0.4) is 0 Å². The topological polar surface area (TPSA) is 23.8 Å². The third-order valence-corrected chi connectivity index (χ3v) is 3.48. The second kappa shape index (κ2) is 3.96. The number of hydrogen-bond donors (Lipinski definition) is 0. The molecule has 0 aliphatic heterocycles. The van der Waals surface area contributed by atoms with E-state index in [1.54, 1.807) is 0 Å². The third kappa shape index (κ3) is 1.94. The number of nitriles is 1. The normalized spacial score (nSPS) is 36.2. The molecule has 0 spiro atoms. The first-order chi connectivity index (χ1) is 6.14. The minimum Gasteiger partial charge on any atom is -0.198 e. The van der Waals surface area contributed by atoms with Crippen LogP contribution in [-0.4, -0.2) is 0 Å². The number of hydrogen-bond acceptors (Lipinski definition) is 1. The predicted molar refractivity (Wildman–Crippen MR) is 55.0 cm³/mol. The Morgan fingerprint density at radius 3 is 2.85 bits per heavy atom. The van der Waals surface area contributed by atoms with Crippen molar-refractivity contribution in [2.45, 2.75) is 39.5 Å². The van der Waals surface area contributed by atoms with Crippen LogP contribution in [-0.2, 0) is 0 Å². The van der Waals surface area contributed by atoms with Gasteiger partial charge in [0.2, 0.25) is 0 Å². The zero-order chi connectivity index (χ0) is 9.90. The van der Waals surface area contributed by atoms with Gasteiger partial charge in [-0.15, -0.1) is 6.58 Å². The van der Waals surface area contributed by atoms with Crippen molar-refractivity contribution in [1.29, 1.82) is 5.26 Å². The SMILES string of the molecule is C=CC(C)C1(C#N)CCCC(C)C1. The highest BCUT2D eigenvalue weighted by molar-refractivity contribution is 5.08. The summed E-state index contributed by atoms with van der Waals surface area (Å²) >= 11 is 0. The molecule has 1 saturated carbocycles. The van der Waals surface area contributed by atoms with E-state index < -0.39 is 0 Å². The van der Waals surface area contributed by atoms with Crippen LogP contribution in [0.2, 0.25) is 0 Å². The molecule has 0 heterocycles. The Labute approximate surface area is 81.5 Å². The van der Waals surface area contributed by atoms with E-state index in [2.05, 4.69) is 26.5 Å². The molecule has 1 rings (SSSR count). The third-order valence-electron chi connectivity index (χ3n) is 3.48. The highest BCUT2D eigenvalue weighted by Gasteiger charge is 2.38. The average Bonchev–Trinajstić information content (AvgIpc) is 2.16. The van der Waals surface area contributed by atoms with Gasteiger partial charge in [0.25, 0.3) is 0 Å². The number of rotatable bonds is 2. The van der Waals surface area contributed by atoms with E-state index in [0.717, 1.165) is 12.8 Å². The van der Waals surface area contributed by atoms with Crippen LogP contribution < -0.4 is 0 Å². The van der Waals surface area contributed by atoms with Crippen LogP contribution >= 0.6 is 0 Å². The molecule has 1 aliphatic rings. The molecule has 1 fully saturated rings. The average molecular weight is 177 g/mol. The highest BCUT2D eigenvalue weighted by Crippen LogP contribution is 2.44. The fourth-order valence-electron chi connectivity index (χ4n) is 2.43. The molecule has 0 radical (unpaired) electrons. The Bertz CT molecular complexity index is 226. The summed E-state index contributed by atoms with van der Waals surface area (Å²) in [6.07, 6.45) is 6.53. The molecule has 0 amide bonds. The van der Waals surface area contributed by atoms with Gasteiger partial charge in [0.05, 0.1) is 11.5 Å². The van der Waals surface area contributed by atoms with Crippen LogP contribution in [0.25, 0.3) is 0 Å². The summed E-state index contributed by atoms with van der Waals surface area (Å²) in [5.74, 6) is 1.04. The van der Waals surface area contributed by atoms with Crippen LogP contribution in [0.15, 0.2) is 12.7 Å². The minimum atomic E-state index is -0.112. The Kier molecular flexibility index (Phi) is 3.14. The monoisotopic (exact) mass is 177 g/mol. The zero-order valence-electron chi connectivity index (χ0n) is 8.71. The molecular weight excluding hydrogens is 158 g/mol. The van der Waals surface area contributed by atoms with E-state index in [9.17, 15) is 5.26 Å².